The third kappa shape index (κ3) is 2.89. The fourth-order valence-electron chi connectivity index (χ4n) is 2.10. The third-order valence-electron chi connectivity index (χ3n) is 3.12. The van der Waals surface area contributed by atoms with Crippen molar-refractivity contribution in [1.82, 2.24) is 0 Å². The molecular weight excluding hydrogens is 224 g/mol. The molecule has 0 saturated heterocycles. The van der Waals surface area contributed by atoms with Crippen molar-refractivity contribution < 1.29 is 9.53 Å². The number of rotatable bonds is 4. The topological polar surface area (TPSA) is 26.3 Å². The maximum atomic E-state index is 11.5. The number of hydrogen-bond donors (Lipinski definition) is 0. The van der Waals surface area contributed by atoms with E-state index in [1.54, 1.807) is 0 Å². The number of hydrogen-bond acceptors (Lipinski definition) is 2. The maximum Gasteiger partial charge on any atom is 0.306 e. The second kappa shape index (κ2) is 5.67. The first-order chi connectivity index (χ1) is 8.70. The van der Waals surface area contributed by atoms with Gasteiger partial charge in [-0.2, -0.15) is 0 Å². The monoisotopic (exact) mass is 242 g/mol. The van der Waals surface area contributed by atoms with Gasteiger partial charge in [0.15, 0.2) is 0 Å². The van der Waals surface area contributed by atoms with E-state index in [0.717, 1.165) is 0 Å². The molecule has 0 radical (unpaired) electrons. The summed E-state index contributed by atoms with van der Waals surface area (Å²) in [6, 6.07) is 14.6. The second-order valence-electron chi connectivity index (χ2n) is 4.52. The highest BCUT2D eigenvalue weighted by Gasteiger charge is 2.12. The van der Waals surface area contributed by atoms with E-state index in [-0.39, 0.29) is 11.9 Å². The molecular formula is C16H18O2. The molecule has 2 nitrogen and oxygen atoms in total. The highest BCUT2D eigenvalue weighted by molar-refractivity contribution is 5.83. The van der Waals surface area contributed by atoms with Gasteiger partial charge in [-0.25, -0.2) is 0 Å². The van der Waals surface area contributed by atoms with Gasteiger partial charge in [-0.3, -0.25) is 4.79 Å². The lowest BCUT2D eigenvalue weighted by Crippen LogP contribution is -2.08. The van der Waals surface area contributed by atoms with Crippen LogP contribution in [0.5, 0.6) is 0 Å². The average molecular weight is 242 g/mol. The van der Waals surface area contributed by atoms with Crippen LogP contribution in [0.3, 0.4) is 0 Å². The summed E-state index contributed by atoms with van der Waals surface area (Å²) in [4.78, 5) is 11.5. The smallest absolute Gasteiger partial charge is 0.306 e. The Labute approximate surface area is 108 Å². The Balaban J connectivity index is 2.17. The van der Waals surface area contributed by atoms with Crippen molar-refractivity contribution in [2.24, 2.45) is 0 Å². The molecule has 0 bridgehead atoms. The number of carbonyl (C=O) groups is 1. The summed E-state index contributed by atoms with van der Waals surface area (Å²) < 4.78 is 4.98. The van der Waals surface area contributed by atoms with Gasteiger partial charge in [-0.05, 0) is 29.2 Å². The lowest BCUT2D eigenvalue weighted by atomic mass is 9.95. The Morgan fingerprint density at radius 2 is 1.89 bits per heavy atom. The van der Waals surface area contributed by atoms with E-state index in [1.807, 2.05) is 19.1 Å². The van der Waals surface area contributed by atoms with E-state index in [2.05, 4.69) is 37.3 Å². The predicted octanol–water partition coefficient (Wildman–Crippen LogP) is 3.90. The van der Waals surface area contributed by atoms with Gasteiger partial charge in [0.2, 0.25) is 0 Å². The van der Waals surface area contributed by atoms with Crippen LogP contribution in [0.1, 0.15) is 31.7 Å². The minimum atomic E-state index is -0.127. The van der Waals surface area contributed by atoms with E-state index in [9.17, 15) is 4.79 Å². The largest absolute Gasteiger partial charge is 0.466 e. The van der Waals surface area contributed by atoms with Crippen LogP contribution >= 0.6 is 0 Å². The number of benzene rings is 2. The molecule has 0 saturated carbocycles. The van der Waals surface area contributed by atoms with Gasteiger partial charge in [0.05, 0.1) is 13.0 Å². The SMILES string of the molecule is CCOC(=O)C[C@H](C)c1ccc2ccccc2c1. The lowest BCUT2D eigenvalue weighted by molar-refractivity contribution is -0.143. The number of ether oxygens (including phenoxy) is 1. The normalized spacial score (nSPS) is 12.3. The van der Waals surface area contributed by atoms with Gasteiger partial charge >= 0.3 is 5.97 Å². The Morgan fingerprint density at radius 1 is 1.17 bits per heavy atom. The van der Waals surface area contributed by atoms with Crippen LogP contribution in [0.25, 0.3) is 10.8 Å². The van der Waals surface area contributed by atoms with Crippen molar-refractivity contribution in [2.45, 2.75) is 26.2 Å². The van der Waals surface area contributed by atoms with Gasteiger partial charge in [-0.15, -0.1) is 0 Å². The first kappa shape index (κ1) is 12.6. The zero-order chi connectivity index (χ0) is 13.0. The Morgan fingerprint density at radius 3 is 2.61 bits per heavy atom. The molecule has 0 N–H and O–H groups in total. The number of esters is 1. The van der Waals surface area contributed by atoms with Crippen LogP contribution < -0.4 is 0 Å². The molecule has 18 heavy (non-hydrogen) atoms. The average Bonchev–Trinajstić information content (AvgIpc) is 2.38. The fraction of sp³-hybridized carbons (Fsp3) is 0.312. The van der Waals surface area contributed by atoms with Crippen molar-refractivity contribution in [3.63, 3.8) is 0 Å². The third-order valence-corrected chi connectivity index (χ3v) is 3.12. The Kier molecular flexibility index (Phi) is 3.98. The van der Waals surface area contributed by atoms with Gasteiger partial charge < -0.3 is 4.74 Å². The minimum absolute atomic E-state index is 0.127. The van der Waals surface area contributed by atoms with Crippen LogP contribution in [0.4, 0.5) is 0 Å². The predicted molar refractivity (Wildman–Crippen MR) is 73.6 cm³/mol. The zero-order valence-corrected chi connectivity index (χ0v) is 10.8. The summed E-state index contributed by atoms with van der Waals surface area (Å²) in [5.74, 6) is 0.0619. The summed E-state index contributed by atoms with van der Waals surface area (Å²) in [6.07, 6.45) is 0.437. The van der Waals surface area contributed by atoms with Crippen LogP contribution in [-0.4, -0.2) is 12.6 Å². The summed E-state index contributed by atoms with van der Waals surface area (Å²) in [6.45, 7) is 4.34. The van der Waals surface area contributed by atoms with Crippen molar-refractivity contribution in [1.29, 1.82) is 0 Å². The van der Waals surface area contributed by atoms with Gasteiger partial charge in [0, 0.05) is 0 Å². The molecule has 0 unspecified atom stereocenters. The van der Waals surface area contributed by atoms with Crippen molar-refractivity contribution >= 4 is 16.7 Å². The second-order valence-corrected chi connectivity index (χ2v) is 4.52. The van der Waals surface area contributed by atoms with Crippen molar-refractivity contribution in [3.05, 3.63) is 48.0 Å². The molecule has 2 aromatic rings. The molecule has 0 spiro atoms. The quantitative estimate of drug-likeness (QED) is 0.760. The molecule has 0 heterocycles. The fourth-order valence-corrected chi connectivity index (χ4v) is 2.10. The Hall–Kier alpha value is -1.83. The molecule has 0 aliphatic rings. The molecule has 94 valence electrons. The highest BCUT2D eigenvalue weighted by Crippen LogP contribution is 2.24. The van der Waals surface area contributed by atoms with Crippen LogP contribution in [0, 0.1) is 0 Å². The maximum absolute atomic E-state index is 11.5. The summed E-state index contributed by atoms with van der Waals surface area (Å²) in [5, 5.41) is 2.44. The van der Waals surface area contributed by atoms with E-state index >= 15 is 0 Å². The molecule has 1 atom stereocenters. The van der Waals surface area contributed by atoms with Crippen molar-refractivity contribution in [2.75, 3.05) is 6.61 Å². The molecule has 0 aromatic heterocycles. The standard InChI is InChI=1S/C16H18O2/c1-3-18-16(17)10-12(2)14-9-8-13-6-4-5-7-15(13)11-14/h4-9,11-12H,3,10H2,1-2H3/t12-/m0/s1. The van der Waals surface area contributed by atoms with E-state index in [0.29, 0.717) is 13.0 Å². The van der Waals surface area contributed by atoms with Crippen molar-refractivity contribution in [3.8, 4) is 0 Å². The highest BCUT2D eigenvalue weighted by atomic mass is 16.5. The lowest BCUT2D eigenvalue weighted by Gasteiger charge is -2.12. The van der Waals surface area contributed by atoms with Crippen LogP contribution in [-0.2, 0) is 9.53 Å². The van der Waals surface area contributed by atoms with Gasteiger partial charge in [0.25, 0.3) is 0 Å². The summed E-state index contributed by atoms with van der Waals surface area (Å²) >= 11 is 0. The number of carbonyl (C=O) groups excluding carboxylic acids is 1. The first-order valence-corrected chi connectivity index (χ1v) is 6.35. The van der Waals surface area contributed by atoms with Crippen LogP contribution in [0.15, 0.2) is 42.5 Å². The van der Waals surface area contributed by atoms with Gasteiger partial charge in [0.1, 0.15) is 0 Å². The zero-order valence-electron chi connectivity index (χ0n) is 10.8. The molecule has 0 fully saturated rings. The first-order valence-electron chi connectivity index (χ1n) is 6.35. The number of fused-ring (bicyclic) bond motifs is 1. The summed E-state index contributed by atoms with van der Waals surface area (Å²) in [5.41, 5.74) is 1.18. The minimum Gasteiger partial charge on any atom is -0.466 e. The molecule has 0 amide bonds. The van der Waals surface area contributed by atoms with Gasteiger partial charge in [-0.1, -0.05) is 49.4 Å². The molecule has 2 aromatic carbocycles. The molecule has 2 rings (SSSR count). The molecule has 0 aliphatic heterocycles. The molecule has 2 heteroatoms. The van der Waals surface area contributed by atoms with E-state index < -0.39 is 0 Å². The van der Waals surface area contributed by atoms with E-state index in [1.165, 1.54) is 16.3 Å². The van der Waals surface area contributed by atoms with E-state index in [4.69, 9.17) is 4.74 Å². The Bertz CT molecular complexity index is 546. The molecule has 0 aliphatic carbocycles. The van der Waals surface area contributed by atoms with Crippen LogP contribution in [0.2, 0.25) is 0 Å². The summed E-state index contributed by atoms with van der Waals surface area (Å²) in [7, 11) is 0.